The third-order valence-corrected chi connectivity index (χ3v) is 5.61. The van der Waals surface area contributed by atoms with Crippen LogP contribution in [0.1, 0.15) is 31.2 Å². The Morgan fingerprint density at radius 3 is 2.75 bits per heavy atom. The number of thiophene rings is 1. The van der Waals surface area contributed by atoms with E-state index in [-0.39, 0.29) is 17.4 Å². The Hall–Kier alpha value is -3.52. The van der Waals surface area contributed by atoms with E-state index in [2.05, 4.69) is 15.0 Å². The minimum Gasteiger partial charge on any atom is -0.465 e. The molecule has 0 fully saturated rings. The molecule has 0 saturated carbocycles. The van der Waals surface area contributed by atoms with E-state index in [4.69, 9.17) is 4.74 Å². The van der Waals surface area contributed by atoms with E-state index in [0.29, 0.717) is 21.5 Å². The second kappa shape index (κ2) is 6.90. The number of hydrogen-bond donors (Lipinski definition) is 2. The van der Waals surface area contributed by atoms with E-state index in [9.17, 15) is 14.4 Å². The largest absolute Gasteiger partial charge is 0.465 e. The number of fused-ring (bicyclic) bond motifs is 2. The van der Waals surface area contributed by atoms with Gasteiger partial charge in [-0.1, -0.05) is 0 Å². The lowest BCUT2D eigenvalue weighted by atomic mass is 10.1. The first-order valence-corrected chi connectivity index (χ1v) is 9.20. The number of ketones is 1. The number of aromatic amines is 2. The molecule has 140 valence electrons. The van der Waals surface area contributed by atoms with Crippen LogP contribution in [0.15, 0.2) is 41.3 Å². The minimum absolute atomic E-state index is 0.193. The van der Waals surface area contributed by atoms with Gasteiger partial charge in [-0.15, -0.1) is 11.3 Å². The minimum atomic E-state index is -0.383. The molecular weight excluding hydrogens is 378 g/mol. The topological polar surface area (TPSA) is 105 Å². The van der Waals surface area contributed by atoms with Gasteiger partial charge in [-0.25, -0.2) is 14.6 Å². The number of aryl methyl sites for hydroxylation is 1. The number of pyridine rings is 1. The predicted octanol–water partition coefficient (Wildman–Crippen LogP) is 3.46. The summed E-state index contributed by atoms with van der Waals surface area (Å²) < 4.78 is 4.80. The second-order valence-electron chi connectivity index (χ2n) is 6.21. The van der Waals surface area contributed by atoms with Crippen molar-refractivity contribution in [1.29, 1.82) is 0 Å². The number of allylic oxidation sites excluding steroid dienone is 1. The van der Waals surface area contributed by atoms with Crippen LogP contribution in [0.25, 0.3) is 27.3 Å². The van der Waals surface area contributed by atoms with Gasteiger partial charge in [0.25, 0.3) is 0 Å². The summed E-state index contributed by atoms with van der Waals surface area (Å²) in [5.74, 6) is -0.577. The molecule has 0 radical (unpaired) electrons. The molecule has 0 saturated heterocycles. The molecule has 2 N–H and O–H groups in total. The highest BCUT2D eigenvalue weighted by Gasteiger charge is 2.16. The van der Waals surface area contributed by atoms with Gasteiger partial charge in [0.05, 0.1) is 18.1 Å². The van der Waals surface area contributed by atoms with Crippen LogP contribution in [-0.2, 0) is 4.74 Å². The first kappa shape index (κ1) is 17.9. The van der Waals surface area contributed by atoms with E-state index in [0.717, 1.165) is 21.3 Å². The molecule has 4 rings (SSSR count). The van der Waals surface area contributed by atoms with E-state index in [1.54, 1.807) is 30.5 Å². The number of esters is 1. The highest BCUT2D eigenvalue weighted by Crippen LogP contribution is 2.30. The van der Waals surface area contributed by atoms with Crippen LogP contribution in [0.3, 0.4) is 0 Å². The van der Waals surface area contributed by atoms with Gasteiger partial charge in [0.1, 0.15) is 9.71 Å². The predicted molar refractivity (Wildman–Crippen MR) is 108 cm³/mol. The summed E-state index contributed by atoms with van der Waals surface area (Å²) in [7, 11) is 1.35. The molecule has 4 aromatic rings. The van der Waals surface area contributed by atoms with Gasteiger partial charge < -0.3 is 14.7 Å². The van der Waals surface area contributed by atoms with Gasteiger partial charge in [-0.2, -0.15) is 0 Å². The molecule has 0 aliphatic heterocycles. The number of hydrogen-bond acceptors (Lipinski definition) is 6. The van der Waals surface area contributed by atoms with Crippen molar-refractivity contribution in [2.45, 2.75) is 6.92 Å². The standard InChI is InChI=1S/C20H15N3O4S/c1-10-13-7-11(9-21-18(13)28-17(10)19(25)27-2)3-6-16(24)12-4-5-14-15(8-12)23-20(26)22-14/h3-9H,1-2H3,(H2,22,23,26). The SMILES string of the molecule is COC(=O)c1sc2ncc(C=CC(=O)c3ccc4[nH]c(=O)[nH]c4c3)cc2c1C. The van der Waals surface area contributed by atoms with Crippen molar-refractivity contribution in [2.24, 2.45) is 0 Å². The van der Waals surface area contributed by atoms with Gasteiger partial charge in [0.15, 0.2) is 5.78 Å². The molecule has 3 heterocycles. The fourth-order valence-electron chi connectivity index (χ4n) is 2.95. The average Bonchev–Trinajstić information content (AvgIpc) is 3.23. The molecule has 0 amide bonds. The number of nitrogens with zero attached hydrogens (tertiary/aromatic N) is 1. The first-order valence-electron chi connectivity index (χ1n) is 8.38. The Kier molecular flexibility index (Phi) is 4.40. The molecule has 3 aromatic heterocycles. The fourth-order valence-corrected chi connectivity index (χ4v) is 4.00. The van der Waals surface area contributed by atoms with Crippen LogP contribution in [0.4, 0.5) is 0 Å². The van der Waals surface area contributed by atoms with Crippen molar-refractivity contribution in [3.05, 3.63) is 68.6 Å². The van der Waals surface area contributed by atoms with E-state index < -0.39 is 0 Å². The third kappa shape index (κ3) is 3.14. The molecule has 1 aromatic carbocycles. The quantitative estimate of drug-likeness (QED) is 0.314. The summed E-state index contributed by atoms with van der Waals surface area (Å²) in [6.45, 7) is 1.85. The van der Waals surface area contributed by atoms with Gasteiger partial charge in [0.2, 0.25) is 0 Å². The number of benzene rings is 1. The number of imidazole rings is 1. The lowest BCUT2D eigenvalue weighted by Crippen LogP contribution is -1.99. The van der Waals surface area contributed by atoms with E-state index in [1.807, 2.05) is 13.0 Å². The highest BCUT2D eigenvalue weighted by molar-refractivity contribution is 7.20. The maximum Gasteiger partial charge on any atom is 0.348 e. The van der Waals surface area contributed by atoms with Gasteiger partial charge in [-0.3, -0.25) is 4.79 Å². The monoisotopic (exact) mass is 393 g/mol. The maximum absolute atomic E-state index is 12.5. The lowest BCUT2D eigenvalue weighted by Gasteiger charge is -1.98. The van der Waals surface area contributed by atoms with Gasteiger partial charge in [0, 0.05) is 17.1 Å². The van der Waals surface area contributed by atoms with Crippen LogP contribution < -0.4 is 5.69 Å². The summed E-state index contributed by atoms with van der Waals surface area (Å²) in [5, 5.41) is 0.853. The fraction of sp³-hybridized carbons (Fsp3) is 0.100. The molecule has 8 heteroatoms. The molecule has 7 nitrogen and oxygen atoms in total. The number of methoxy groups -OCH3 is 1. The number of carbonyl (C=O) groups excluding carboxylic acids is 2. The number of aromatic nitrogens is 3. The summed E-state index contributed by atoms with van der Waals surface area (Å²) in [5.41, 5.74) is 2.93. The number of rotatable bonds is 4. The zero-order chi connectivity index (χ0) is 19.8. The summed E-state index contributed by atoms with van der Waals surface area (Å²) >= 11 is 1.28. The van der Waals surface area contributed by atoms with Crippen LogP contribution >= 0.6 is 11.3 Å². The average molecular weight is 393 g/mol. The zero-order valence-electron chi connectivity index (χ0n) is 15.0. The Bertz CT molecular complexity index is 1330. The number of carbonyl (C=O) groups is 2. The van der Waals surface area contributed by atoms with Gasteiger partial charge in [-0.05, 0) is 54.5 Å². The van der Waals surface area contributed by atoms with Crippen LogP contribution in [0, 0.1) is 6.92 Å². The van der Waals surface area contributed by atoms with E-state index >= 15 is 0 Å². The van der Waals surface area contributed by atoms with Crippen molar-refractivity contribution in [1.82, 2.24) is 15.0 Å². The Morgan fingerprint density at radius 1 is 1.18 bits per heavy atom. The number of ether oxygens (including phenoxy) is 1. The first-order chi connectivity index (χ1) is 13.5. The lowest BCUT2D eigenvalue weighted by molar-refractivity contribution is 0.0605. The molecule has 0 bridgehead atoms. The Morgan fingerprint density at radius 2 is 1.96 bits per heavy atom. The Balaban J connectivity index is 1.63. The van der Waals surface area contributed by atoms with Crippen molar-refractivity contribution >= 4 is 50.4 Å². The van der Waals surface area contributed by atoms with Crippen LogP contribution in [-0.4, -0.2) is 33.8 Å². The summed E-state index contributed by atoms with van der Waals surface area (Å²) in [4.78, 5) is 46.5. The number of H-pyrrole nitrogens is 2. The molecule has 0 aliphatic rings. The summed E-state index contributed by atoms with van der Waals surface area (Å²) in [6.07, 6.45) is 4.78. The normalized spacial score (nSPS) is 11.5. The zero-order valence-corrected chi connectivity index (χ0v) is 15.8. The maximum atomic E-state index is 12.5. The molecule has 0 unspecified atom stereocenters. The van der Waals surface area contributed by atoms with Crippen LogP contribution in [0.5, 0.6) is 0 Å². The molecule has 0 atom stereocenters. The second-order valence-corrected chi connectivity index (χ2v) is 7.21. The highest BCUT2D eigenvalue weighted by atomic mass is 32.1. The van der Waals surface area contributed by atoms with Gasteiger partial charge >= 0.3 is 11.7 Å². The van der Waals surface area contributed by atoms with Crippen molar-refractivity contribution < 1.29 is 14.3 Å². The van der Waals surface area contributed by atoms with Crippen molar-refractivity contribution in [3.8, 4) is 0 Å². The molecular formula is C20H15N3O4S. The number of nitrogens with one attached hydrogen (secondary N) is 2. The summed E-state index contributed by atoms with van der Waals surface area (Å²) in [6, 6.07) is 6.86. The Labute approximate surface area is 162 Å². The smallest absolute Gasteiger partial charge is 0.348 e. The van der Waals surface area contributed by atoms with E-state index in [1.165, 1.54) is 24.5 Å². The van der Waals surface area contributed by atoms with Crippen molar-refractivity contribution in [3.63, 3.8) is 0 Å². The third-order valence-electron chi connectivity index (χ3n) is 4.41. The van der Waals surface area contributed by atoms with Crippen molar-refractivity contribution in [2.75, 3.05) is 7.11 Å². The van der Waals surface area contributed by atoms with Crippen LogP contribution in [0.2, 0.25) is 0 Å². The molecule has 0 spiro atoms. The molecule has 0 aliphatic carbocycles. The molecule has 28 heavy (non-hydrogen) atoms.